The topological polar surface area (TPSA) is 97.2 Å². The molecule has 172 valence electrons. The fraction of sp³-hybridized carbons (Fsp3) is 0.400. The average molecular weight is 448 g/mol. The maximum absolute atomic E-state index is 12.8. The van der Waals surface area contributed by atoms with E-state index in [-0.39, 0.29) is 48.7 Å². The summed E-state index contributed by atoms with van der Waals surface area (Å²) in [5.41, 5.74) is 2.63. The molecule has 0 unspecified atom stereocenters. The quantitative estimate of drug-likeness (QED) is 0.528. The molecule has 3 amide bonds. The lowest BCUT2D eigenvalue weighted by Crippen LogP contribution is -2.35. The van der Waals surface area contributed by atoms with Crippen molar-refractivity contribution in [1.82, 2.24) is 24.8 Å². The summed E-state index contributed by atoms with van der Waals surface area (Å²) in [7, 11) is 0. The molecule has 3 heterocycles. The van der Waals surface area contributed by atoms with Crippen LogP contribution in [0.5, 0.6) is 0 Å². The number of aromatic nitrogens is 3. The Kier molecular flexibility index (Phi) is 6.26. The van der Waals surface area contributed by atoms with Gasteiger partial charge in [0, 0.05) is 31.4 Å². The lowest BCUT2D eigenvalue weighted by Gasteiger charge is -2.25. The second kappa shape index (κ2) is 9.13. The van der Waals surface area contributed by atoms with Gasteiger partial charge in [-0.2, -0.15) is 0 Å². The highest BCUT2D eigenvalue weighted by Gasteiger charge is 2.35. The van der Waals surface area contributed by atoms with Crippen LogP contribution in [0.3, 0.4) is 0 Å². The van der Waals surface area contributed by atoms with Gasteiger partial charge >= 0.3 is 0 Å². The number of nitrogens with one attached hydrogen (secondary N) is 1. The zero-order valence-corrected chi connectivity index (χ0v) is 19.4. The second-order valence-corrected chi connectivity index (χ2v) is 9.00. The Bertz CT molecular complexity index is 1180. The van der Waals surface area contributed by atoms with Crippen molar-refractivity contribution in [2.75, 3.05) is 6.54 Å². The minimum absolute atomic E-state index is 0.130. The Morgan fingerprint density at radius 3 is 2.45 bits per heavy atom. The minimum atomic E-state index is -0.353. The zero-order chi connectivity index (χ0) is 23.7. The molecule has 8 nitrogen and oxygen atoms in total. The smallest absolute Gasteiger partial charge is 0.263 e. The van der Waals surface area contributed by atoms with Crippen LogP contribution in [0.4, 0.5) is 0 Å². The van der Waals surface area contributed by atoms with E-state index in [4.69, 9.17) is 4.98 Å². The molecule has 1 aromatic carbocycles. The molecule has 1 atom stereocenters. The van der Waals surface area contributed by atoms with Crippen LogP contribution in [0.25, 0.3) is 11.0 Å². The number of rotatable bonds is 8. The molecule has 0 spiro atoms. The van der Waals surface area contributed by atoms with Crippen LogP contribution in [-0.4, -0.2) is 43.7 Å². The first kappa shape index (κ1) is 22.6. The van der Waals surface area contributed by atoms with Gasteiger partial charge in [0.1, 0.15) is 5.82 Å². The van der Waals surface area contributed by atoms with E-state index in [0.29, 0.717) is 17.5 Å². The van der Waals surface area contributed by atoms with E-state index in [9.17, 15) is 14.4 Å². The highest BCUT2D eigenvalue weighted by molar-refractivity contribution is 6.21. The lowest BCUT2D eigenvalue weighted by atomic mass is 10.0. The third kappa shape index (κ3) is 4.25. The van der Waals surface area contributed by atoms with E-state index in [1.807, 2.05) is 24.3 Å². The maximum atomic E-state index is 12.8. The van der Waals surface area contributed by atoms with Crippen LogP contribution < -0.4 is 5.32 Å². The molecule has 1 N–H and O–H groups in total. The van der Waals surface area contributed by atoms with Gasteiger partial charge < -0.3 is 9.88 Å². The van der Waals surface area contributed by atoms with Gasteiger partial charge in [-0.1, -0.05) is 26.0 Å². The average Bonchev–Trinajstić information content (AvgIpc) is 3.28. The molecule has 0 saturated heterocycles. The normalized spacial score (nSPS) is 14.4. The fourth-order valence-electron chi connectivity index (χ4n) is 4.34. The van der Waals surface area contributed by atoms with Crippen molar-refractivity contribution in [1.29, 1.82) is 0 Å². The molecule has 33 heavy (non-hydrogen) atoms. The van der Waals surface area contributed by atoms with Gasteiger partial charge in [-0.3, -0.25) is 24.3 Å². The number of hydrogen-bond acceptors (Lipinski definition) is 5. The van der Waals surface area contributed by atoms with Crippen molar-refractivity contribution >= 4 is 28.8 Å². The van der Waals surface area contributed by atoms with Gasteiger partial charge in [0.05, 0.1) is 28.2 Å². The van der Waals surface area contributed by atoms with Crippen molar-refractivity contribution in [2.24, 2.45) is 5.92 Å². The third-order valence-corrected chi connectivity index (χ3v) is 5.96. The first-order valence-corrected chi connectivity index (χ1v) is 11.4. The van der Waals surface area contributed by atoms with Crippen molar-refractivity contribution in [2.45, 2.75) is 52.6 Å². The first-order chi connectivity index (χ1) is 15.8. The summed E-state index contributed by atoms with van der Waals surface area (Å²) in [6.45, 7) is 8.52. The summed E-state index contributed by atoms with van der Waals surface area (Å²) in [5.74, 6) is 0.154. The van der Waals surface area contributed by atoms with Crippen molar-refractivity contribution in [3.8, 4) is 0 Å². The van der Waals surface area contributed by atoms with Gasteiger partial charge in [-0.25, -0.2) is 4.98 Å². The van der Waals surface area contributed by atoms with Crippen LogP contribution >= 0.6 is 0 Å². The number of nitrogens with zero attached hydrogens (tertiary/aromatic N) is 4. The van der Waals surface area contributed by atoms with E-state index >= 15 is 0 Å². The second-order valence-electron chi connectivity index (χ2n) is 9.00. The molecule has 1 aliphatic heterocycles. The van der Waals surface area contributed by atoms with Crippen LogP contribution in [0.1, 0.15) is 79.2 Å². The molecule has 8 heteroatoms. The molecule has 0 aliphatic carbocycles. The van der Waals surface area contributed by atoms with Crippen LogP contribution in [-0.2, 0) is 4.79 Å². The summed E-state index contributed by atoms with van der Waals surface area (Å²) in [6.07, 6.45) is 3.50. The Morgan fingerprint density at radius 2 is 1.76 bits per heavy atom. The largest absolute Gasteiger partial charge is 0.346 e. The summed E-state index contributed by atoms with van der Waals surface area (Å²) in [6, 6.07) is 9.46. The number of amides is 3. The van der Waals surface area contributed by atoms with E-state index in [2.05, 4.69) is 42.6 Å². The number of carbonyl (C=O) groups is 3. The maximum Gasteiger partial charge on any atom is 0.263 e. The number of imidazole rings is 1. The summed E-state index contributed by atoms with van der Waals surface area (Å²) >= 11 is 0. The molecule has 2 aromatic heterocycles. The van der Waals surface area contributed by atoms with Gasteiger partial charge in [0.25, 0.3) is 11.8 Å². The number of para-hydroxylation sites is 2. The number of pyridine rings is 1. The highest BCUT2D eigenvalue weighted by Crippen LogP contribution is 2.29. The van der Waals surface area contributed by atoms with Crippen LogP contribution in [0.15, 0.2) is 42.7 Å². The number of carbonyl (C=O) groups excluding carboxylic acids is 3. The van der Waals surface area contributed by atoms with Crippen LogP contribution in [0, 0.1) is 5.92 Å². The van der Waals surface area contributed by atoms with Gasteiger partial charge in [0.2, 0.25) is 5.91 Å². The molecule has 1 aliphatic rings. The molecule has 0 bridgehead atoms. The Morgan fingerprint density at radius 1 is 1.03 bits per heavy atom. The Hall–Kier alpha value is -3.55. The van der Waals surface area contributed by atoms with Crippen molar-refractivity contribution in [3.05, 3.63) is 59.7 Å². The predicted molar refractivity (Wildman–Crippen MR) is 125 cm³/mol. The third-order valence-electron chi connectivity index (χ3n) is 5.96. The molecule has 3 aromatic rings. The van der Waals surface area contributed by atoms with E-state index < -0.39 is 0 Å². The molecule has 0 saturated carbocycles. The lowest BCUT2D eigenvalue weighted by molar-refractivity contribution is -0.122. The predicted octanol–water partition coefficient (Wildman–Crippen LogP) is 3.90. The number of imide groups is 1. The van der Waals surface area contributed by atoms with Gasteiger partial charge in [-0.15, -0.1) is 0 Å². The molecule has 4 rings (SSSR count). The van der Waals surface area contributed by atoms with E-state index in [0.717, 1.165) is 16.9 Å². The minimum Gasteiger partial charge on any atom is -0.346 e. The Labute approximate surface area is 193 Å². The standard InChI is InChI=1S/C25H29N5O3/c1-15(2)22(23-27-19-8-5-6-9-20(19)30(23)16(3)4)28-21(31)10-7-13-29-24(32)17-11-12-26-14-18(17)25(29)33/h5-6,8-9,11-12,14-16,22H,7,10,13H2,1-4H3,(H,28,31)/t22-/m1/s1. The highest BCUT2D eigenvalue weighted by atomic mass is 16.2. The fourth-order valence-corrected chi connectivity index (χ4v) is 4.34. The van der Waals surface area contributed by atoms with Crippen molar-refractivity contribution < 1.29 is 14.4 Å². The molecule has 0 radical (unpaired) electrons. The Balaban J connectivity index is 1.43. The van der Waals surface area contributed by atoms with Gasteiger partial charge in [0.15, 0.2) is 0 Å². The van der Waals surface area contributed by atoms with Crippen LogP contribution in [0.2, 0.25) is 0 Å². The van der Waals surface area contributed by atoms with Gasteiger partial charge in [-0.05, 0) is 44.4 Å². The molecular weight excluding hydrogens is 418 g/mol. The summed E-state index contributed by atoms with van der Waals surface area (Å²) < 4.78 is 2.17. The number of fused-ring (bicyclic) bond motifs is 2. The summed E-state index contributed by atoms with van der Waals surface area (Å²) in [5, 5.41) is 3.13. The SMILES string of the molecule is CC(C)[C@@H](NC(=O)CCCN1C(=O)c2ccncc2C1=O)c1nc2ccccc2n1C(C)C. The van der Waals surface area contributed by atoms with E-state index in [1.54, 1.807) is 6.07 Å². The first-order valence-electron chi connectivity index (χ1n) is 11.4. The number of benzene rings is 1. The molecular formula is C25H29N5O3. The van der Waals surface area contributed by atoms with E-state index in [1.165, 1.54) is 17.3 Å². The van der Waals surface area contributed by atoms with Crippen molar-refractivity contribution in [3.63, 3.8) is 0 Å². The molecule has 0 fully saturated rings. The zero-order valence-electron chi connectivity index (χ0n) is 19.4. The summed E-state index contributed by atoms with van der Waals surface area (Å²) in [4.78, 5) is 47.8. The number of hydrogen-bond donors (Lipinski definition) is 1. The monoisotopic (exact) mass is 447 g/mol.